The van der Waals surface area contributed by atoms with Gasteiger partial charge in [0.1, 0.15) is 0 Å². The van der Waals surface area contributed by atoms with Crippen LogP contribution in [0.25, 0.3) is 11.4 Å². The summed E-state index contributed by atoms with van der Waals surface area (Å²) in [6.45, 7) is 8.47. The first-order chi connectivity index (χ1) is 13.3. The molecule has 3 N–H and O–H groups in total. The molecule has 0 saturated heterocycles. The lowest BCUT2D eigenvalue weighted by atomic mass is 9.87. The average molecular weight is 396 g/mol. The average Bonchev–Trinajstić information content (AvgIpc) is 3.02. The first-order valence-electron chi connectivity index (χ1n) is 9.05. The Morgan fingerprint density at radius 2 is 1.79 bits per heavy atom. The van der Waals surface area contributed by atoms with Crippen LogP contribution < -0.4 is 11.2 Å². The van der Waals surface area contributed by atoms with E-state index in [-0.39, 0.29) is 17.1 Å². The number of para-hydroxylation sites is 1. The van der Waals surface area contributed by atoms with Crippen LogP contribution in [0.4, 0.5) is 5.69 Å². The fourth-order valence-electron chi connectivity index (χ4n) is 2.72. The van der Waals surface area contributed by atoms with Crippen LogP contribution in [0.15, 0.2) is 53.7 Å². The standard InChI is InChI=1S/C21H25N5OS/c1-14-7-5-6-8-17(14)23-18(27)13-28-20-25-24-19(26(20)22)15-9-11-16(12-10-15)21(2,3)4/h5-12H,13,22H2,1-4H3,(H,23,27). The van der Waals surface area contributed by atoms with E-state index in [0.717, 1.165) is 16.8 Å². The molecule has 7 heteroatoms. The third-order valence-corrected chi connectivity index (χ3v) is 5.37. The molecule has 0 fully saturated rings. The molecule has 2 aromatic carbocycles. The summed E-state index contributed by atoms with van der Waals surface area (Å²) in [6.07, 6.45) is 0. The van der Waals surface area contributed by atoms with Gasteiger partial charge in [0, 0.05) is 11.3 Å². The number of thioether (sulfide) groups is 1. The number of benzene rings is 2. The van der Waals surface area contributed by atoms with Crippen molar-refractivity contribution >= 4 is 23.4 Å². The predicted molar refractivity (Wildman–Crippen MR) is 115 cm³/mol. The molecule has 3 aromatic rings. The molecular formula is C21H25N5OS. The molecule has 0 aliphatic rings. The summed E-state index contributed by atoms with van der Waals surface area (Å²) in [5.41, 5.74) is 4.03. The second kappa shape index (κ2) is 8.06. The molecule has 28 heavy (non-hydrogen) atoms. The lowest BCUT2D eigenvalue weighted by Gasteiger charge is -2.19. The molecule has 6 nitrogen and oxygen atoms in total. The Bertz CT molecular complexity index is 973. The minimum absolute atomic E-state index is 0.0837. The van der Waals surface area contributed by atoms with Crippen molar-refractivity contribution in [1.29, 1.82) is 0 Å². The minimum atomic E-state index is -0.113. The maximum Gasteiger partial charge on any atom is 0.234 e. The number of carbonyl (C=O) groups is 1. The molecular weight excluding hydrogens is 370 g/mol. The van der Waals surface area contributed by atoms with Crippen molar-refractivity contribution in [3.63, 3.8) is 0 Å². The van der Waals surface area contributed by atoms with E-state index >= 15 is 0 Å². The van der Waals surface area contributed by atoms with Gasteiger partial charge < -0.3 is 11.2 Å². The van der Waals surface area contributed by atoms with Crippen LogP contribution in [-0.4, -0.2) is 26.5 Å². The number of nitrogens with one attached hydrogen (secondary N) is 1. The number of hydrogen-bond donors (Lipinski definition) is 2. The molecule has 1 amide bonds. The summed E-state index contributed by atoms with van der Waals surface area (Å²) < 4.78 is 1.43. The Morgan fingerprint density at radius 3 is 2.43 bits per heavy atom. The third kappa shape index (κ3) is 4.54. The lowest BCUT2D eigenvalue weighted by molar-refractivity contribution is -0.113. The summed E-state index contributed by atoms with van der Waals surface area (Å²) in [6, 6.07) is 15.8. The van der Waals surface area contributed by atoms with Crippen LogP contribution in [0.1, 0.15) is 31.9 Å². The van der Waals surface area contributed by atoms with Crippen LogP contribution >= 0.6 is 11.8 Å². The minimum Gasteiger partial charge on any atom is -0.335 e. The maximum atomic E-state index is 12.2. The van der Waals surface area contributed by atoms with E-state index in [2.05, 4.69) is 48.4 Å². The highest BCUT2D eigenvalue weighted by atomic mass is 32.2. The Labute approximate surface area is 169 Å². The second-order valence-corrected chi connectivity index (χ2v) is 8.60. The SMILES string of the molecule is Cc1ccccc1NC(=O)CSc1nnc(-c2ccc(C(C)(C)C)cc2)n1N. The van der Waals surface area contributed by atoms with Crippen molar-refractivity contribution in [2.24, 2.45) is 0 Å². The third-order valence-electron chi connectivity index (χ3n) is 4.43. The van der Waals surface area contributed by atoms with E-state index in [1.165, 1.54) is 22.0 Å². The van der Waals surface area contributed by atoms with E-state index in [1.807, 2.05) is 43.3 Å². The van der Waals surface area contributed by atoms with E-state index in [9.17, 15) is 4.79 Å². The van der Waals surface area contributed by atoms with Crippen LogP contribution in [0.2, 0.25) is 0 Å². The van der Waals surface area contributed by atoms with Gasteiger partial charge >= 0.3 is 0 Å². The van der Waals surface area contributed by atoms with Gasteiger partial charge in [-0.25, -0.2) is 4.68 Å². The van der Waals surface area contributed by atoms with Gasteiger partial charge in [0.2, 0.25) is 11.1 Å². The summed E-state index contributed by atoms with van der Waals surface area (Å²) in [5, 5.41) is 11.7. The van der Waals surface area contributed by atoms with Crippen molar-refractivity contribution in [3.8, 4) is 11.4 Å². The van der Waals surface area contributed by atoms with Crippen LogP contribution in [0.3, 0.4) is 0 Å². The lowest BCUT2D eigenvalue weighted by Crippen LogP contribution is -2.17. The monoisotopic (exact) mass is 395 g/mol. The number of aryl methyl sites for hydroxylation is 1. The topological polar surface area (TPSA) is 85.8 Å². The number of nitrogen functional groups attached to an aromatic ring is 1. The fourth-order valence-corrected chi connectivity index (χ4v) is 3.38. The molecule has 3 rings (SSSR count). The largest absolute Gasteiger partial charge is 0.335 e. The molecule has 1 aromatic heterocycles. The van der Waals surface area contributed by atoms with Crippen molar-refractivity contribution < 1.29 is 4.79 Å². The zero-order valence-electron chi connectivity index (χ0n) is 16.6. The van der Waals surface area contributed by atoms with Gasteiger partial charge in [0.05, 0.1) is 5.75 Å². The van der Waals surface area contributed by atoms with Crippen molar-refractivity contribution in [2.45, 2.75) is 38.3 Å². The number of nitrogens with two attached hydrogens (primary N) is 1. The Kier molecular flexibility index (Phi) is 5.74. The number of aromatic nitrogens is 3. The summed E-state index contributed by atoms with van der Waals surface area (Å²) in [7, 11) is 0. The second-order valence-electron chi connectivity index (χ2n) is 7.66. The summed E-state index contributed by atoms with van der Waals surface area (Å²) in [5.74, 6) is 6.82. The molecule has 0 aliphatic heterocycles. The molecule has 0 unspecified atom stereocenters. The van der Waals surface area contributed by atoms with Gasteiger partial charge in [0.25, 0.3) is 0 Å². The quantitative estimate of drug-likeness (QED) is 0.504. The van der Waals surface area contributed by atoms with Gasteiger partial charge in [-0.3, -0.25) is 4.79 Å². The normalized spacial score (nSPS) is 11.4. The van der Waals surface area contributed by atoms with E-state index in [0.29, 0.717) is 11.0 Å². The van der Waals surface area contributed by atoms with E-state index in [4.69, 9.17) is 5.84 Å². The van der Waals surface area contributed by atoms with Crippen molar-refractivity contribution in [3.05, 3.63) is 59.7 Å². The number of nitrogens with zero attached hydrogens (tertiary/aromatic N) is 3. The Morgan fingerprint density at radius 1 is 1.11 bits per heavy atom. The van der Waals surface area contributed by atoms with Gasteiger partial charge in [-0.2, -0.15) is 0 Å². The van der Waals surface area contributed by atoms with Gasteiger partial charge in [-0.05, 0) is 29.5 Å². The maximum absolute atomic E-state index is 12.2. The van der Waals surface area contributed by atoms with E-state index in [1.54, 1.807) is 0 Å². The first kappa shape index (κ1) is 19.9. The van der Waals surface area contributed by atoms with Crippen LogP contribution in [0, 0.1) is 6.92 Å². The number of carbonyl (C=O) groups excluding carboxylic acids is 1. The Balaban J connectivity index is 1.66. The van der Waals surface area contributed by atoms with Crippen LogP contribution in [-0.2, 0) is 10.2 Å². The molecule has 0 atom stereocenters. The molecule has 1 heterocycles. The smallest absolute Gasteiger partial charge is 0.234 e. The Hall–Kier alpha value is -2.80. The zero-order chi connectivity index (χ0) is 20.3. The van der Waals surface area contributed by atoms with Gasteiger partial charge in [-0.1, -0.05) is 75.0 Å². The van der Waals surface area contributed by atoms with Crippen molar-refractivity contribution in [1.82, 2.24) is 14.9 Å². The highest BCUT2D eigenvalue weighted by Crippen LogP contribution is 2.26. The molecule has 0 saturated carbocycles. The number of rotatable bonds is 5. The molecule has 0 aliphatic carbocycles. The van der Waals surface area contributed by atoms with Gasteiger partial charge in [-0.15, -0.1) is 10.2 Å². The summed E-state index contributed by atoms with van der Waals surface area (Å²) >= 11 is 1.26. The summed E-state index contributed by atoms with van der Waals surface area (Å²) in [4.78, 5) is 12.2. The molecule has 146 valence electrons. The predicted octanol–water partition coefficient (Wildman–Crippen LogP) is 4.00. The molecule has 0 bridgehead atoms. The highest BCUT2D eigenvalue weighted by Gasteiger charge is 2.16. The molecule has 0 radical (unpaired) electrons. The first-order valence-corrected chi connectivity index (χ1v) is 10.0. The fraction of sp³-hybridized carbons (Fsp3) is 0.286. The van der Waals surface area contributed by atoms with Crippen molar-refractivity contribution in [2.75, 3.05) is 16.9 Å². The number of hydrogen-bond acceptors (Lipinski definition) is 5. The number of amides is 1. The van der Waals surface area contributed by atoms with Crippen LogP contribution in [0.5, 0.6) is 0 Å². The zero-order valence-corrected chi connectivity index (χ0v) is 17.4. The van der Waals surface area contributed by atoms with Gasteiger partial charge in [0.15, 0.2) is 5.82 Å². The molecule has 0 spiro atoms. The highest BCUT2D eigenvalue weighted by molar-refractivity contribution is 7.99. The van der Waals surface area contributed by atoms with E-state index < -0.39 is 0 Å². The number of anilines is 1.